The number of hydrogen-bond donors (Lipinski definition) is 4. The van der Waals surface area contributed by atoms with Gasteiger partial charge in [-0.15, -0.1) is 0 Å². The number of fused-ring (bicyclic) bond motifs is 1. The SMILES string of the molecule is CCOC(=O)CNC(=O)[C@H](c1c[nH]c2ccccc12)N(C(=O)c1snc(C(N)=O)c1N)c1cc(C)ccc1C. The van der Waals surface area contributed by atoms with Gasteiger partial charge in [-0.1, -0.05) is 30.3 Å². The zero-order valence-corrected chi connectivity index (χ0v) is 22.4. The number of ether oxygens (including phenoxy) is 1. The summed E-state index contributed by atoms with van der Waals surface area (Å²) in [6.45, 7) is 5.09. The van der Waals surface area contributed by atoms with Crippen LogP contribution in [0.4, 0.5) is 11.4 Å². The van der Waals surface area contributed by atoms with Crippen LogP contribution in [-0.2, 0) is 14.3 Å². The van der Waals surface area contributed by atoms with Crippen LogP contribution in [0.2, 0.25) is 0 Å². The topological polar surface area (TPSA) is 174 Å². The monoisotopic (exact) mass is 548 g/mol. The normalized spacial score (nSPS) is 11.7. The molecule has 4 rings (SSSR count). The summed E-state index contributed by atoms with van der Waals surface area (Å²) in [5, 5.41) is 3.31. The van der Waals surface area contributed by atoms with Crippen molar-refractivity contribution < 1.29 is 23.9 Å². The number of esters is 1. The van der Waals surface area contributed by atoms with Gasteiger partial charge < -0.3 is 26.5 Å². The third-order valence-corrected chi connectivity index (χ3v) is 6.98. The summed E-state index contributed by atoms with van der Waals surface area (Å²) in [6, 6.07) is 11.6. The zero-order valence-electron chi connectivity index (χ0n) is 21.6. The van der Waals surface area contributed by atoms with Gasteiger partial charge in [-0.3, -0.25) is 24.1 Å². The van der Waals surface area contributed by atoms with Crippen LogP contribution < -0.4 is 21.7 Å². The van der Waals surface area contributed by atoms with Crippen molar-refractivity contribution >= 4 is 57.5 Å². The van der Waals surface area contributed by atoms with Gasteiger partial charge in [-0.25, -0.2) is 0 Å². The molecule has 2 aromatic heterocycles. The highest BCUT2D eigenvalue weighted by molar-refractivity contribution is 7.09. The van der Waals surface area contributed by atoms with Crippen LogP contribution in [0.1, 0.15) is 49.8 Å². The maximum Gasteiger partial charge on any atom is 0.325 e. The van der Waals surface area contributed by atoms with Gasteiger partial charge in [-0.05, 0) is 55.6 Å². The Morgan fingerprint density at radius 1 is 1.15 bits per heavy atom. The number of carbonyl (C=O) groups is 4. The number of primary amides is 1. The molecule has 0 fully saturated rings. The van der Waals surface area contributed by atoms with Gasteiger partial charge >= 0.3 is 5.97 Å². The number of benzene rings is 2. The number of aryl methyl sites for hydroxylation is 2. The number of nitrogens with zero attached hydrogens (tertiary/aromatic N) is 2. The van der Waals surface area contributed by atoms with E-state index in [1.165, 1.54) is 4.90 Å². The van der Waals surface area contributed by atoms with Crippen LogP contribution >= 0.6 is 11.5 Å². The van der Waals surface area contributed by atoms with E-state index in [0.29, 0.717) is 22.2 Å². The van der Waals surface area contributed by atoms with Gasteiger partial charge in [-0.2, -0.15) is 4.37 Å². The van der Waals surface area contributed by atoms with Crippen LogP contribution in [0.5, 0.6) is 0 Å². The molecular weight excluding hydrogens is 520 g/mol. The number of hydrogen-bond acceptors (Lipinski definition) is 8. The molecule has 0 aliphatic rings. The van der Waals surface area contributed by atoms with E-state index in [-0.39, 0.29) is 22.9 Å². The highest BCUT2D eigenvalue weighted by Crippen LogP contribution is 2.37. The maximum absolute atomic E-state index is 14.3. The number of nitrogen functional groups attached to an aromatic ring is 1. The summed E-state index contributed by atoms with van der Waals surface area (Å²) in [5.74, 6) is -2.78. The molecule has 2 aromatic carbocycles. The molecular formula is C27H28N6O5S. The zero-order chi connectivity index (χ0) is 28.3. The van der Waals surface area contributed by atoms with E-state index in [2.05, 4.69) is 14.7 Å². The molecule has 0 unspecified atom stereocenters. The molecule has 0 saturated carbocycles. The summed E-state index contributed by atoms with van der Waals surface area (Å²) >= 11 is 0.720. The van der Waals surface area contributed by atoms with Gasteiger partial charge in [0, 0.05) is 28.4 Å². The van der Waals surface area contributed by atoms with E-state index in [1.54, 1.807) is 19.2 Å². The van der Waals surface area contributed by atoms with E-state index < -0.39 is 36.3 Å². The molecule has 2 heterocycles. The van der Waals surface area contributed by atoms with Gasteiger partial charge in [0.2, 0.25) is 5.91 Å². The fraction of sp³-hybridized carbons (Fsp3) is 0.222. The van der Waals surface area contributed by atoms with Gasteiger partial charge in [0.05, 0.1) is 12.3 Å². The molecule has 6 N–H and O–H groups in total. The first-order valence-corrected chi connectivity index (χ1v) is 12.9. The molecule has 0 saturated heterocycles. The second kappa shape index (κ2) is 11.4. The Kier molecular flexibility index (Phi) is 7.96. The second-order valence-electron chi connectivity index (χ2n) is 8.82. The first kappa shape index (κ1) is 27.3. The molecule has 39 heavy (non-hydrogen) atoms. The molecule has 12 heteroatoms. The molecule has 0 aliphatic heterocycles. The third-order valence-electron chi connectivity index (χ3n) is 6.13. The van der Waals surface area contributed by atoms with Crippen molar-refractivity contribution in [1.29, 1.82) is 0 Å². The third kappa shape index (κ3) is 5.46. The summed E-state index contributed by atoms with van der Waals surface area (Å²) in [5.41, 5.74) is 14.4. The summed E-state index contributed by atoms with van der Waals surface area (Å²) in [7, 11) is 0. The van der Waals surface area contributed by atoms with E-state index >= 15 is 0 Å². The molecule has 0 spiro atoms. The number of aromatic amines is 1. The highest BCUT2D eigenvalue weighted by atomic mass is 32.1. The van der Waals surface area contributed by atoms with E-state index in [9.17, 15) is 19.2 Å². The Bertz CT molecular complexity index is 1580. The average Bonchev–Trinajstić information content (AvgIpc) is 3.51. The lowest BCUT2D eigenvalue weighted by atomic mass is 10.00. The van der Waals surface area contributed by atoms with Crippen molar-refractivity contribution in [3.63, 3.8) is 0 Å². The number of amides is 3. The smallest absolute Gasteiger partial charge is 0.325 e. The minimum Gasteiger partial charge on any atom is -0.465 e. The highest BCUT2D eigenvalue weighted by Gasteiger charge is 2.38. The van der Waals surface area contributed by atoms with Gasteiger partial charge in [0.25, 0.3) is 11.8 Å². The van der Waals surface area contributed by atoms with Crippen molar-refractivity contribution in [2.75, 3.05) is 23.8 Å². The minimum absolute atomic E-state index is 0.0484. The molecule has 0 radical (unpaired) electrons. The van der Waals surface area contributed by atoms with Crippen molar-refractivity contribution in [1.82, 2.24) is 14.7 Å². The number of anilines is 2. The van der Waals surface area contributed by atoms with E-state index in [1.807, 2.05) is 50.2 Å². The molecule has 1 atom stereocenters. The van der Waals surface area contributed by atoms with Gasteiger partial charge in [0.1, 0.15) is 17.5 Å². The predicted octanol–water partition coefficient (Wildman–Crippen LogP) is 2.99. The Hall–Kier alpha value is -4.71. The van der Waals surface area contributed by atoms with Crippen LogP contribution in [0.15, 0.2) is 48.7 Å². The van der Waals surface area contributed by atoms with Crippen LogP contribution in [0.3, 0.4) is 0 Å². The summed E-state index contributed by atoms with van der Waals surface area (Å²) in [6.07, 6.45) is 1.65. The quantitative estimate of drug-likeness (QED) is 0.233. The Morgan fingerprint density at radius 3 is 2.59 bits per heavy atom. The Morgan fingerprint density at radius 2 is 1.90 bits per heavy atom. The minimum atomic E-state index is -1.25. The lowest BCUT2D eigenvalue weighted by Gasteiger charge is -2.32. The number of carbonyl (C=O) groups excluding carboxylic acids is 4. The number of rotatable bonds is 9. The second-order valence-corrected chi connectivity index (χ2v) is 9.59. The molecule has 3 amide bonds. The van der Waals surface area contributed by atoms with Crippen molar-refractivity contribution in [3.8, 4) is 0 Å². The maximum atomic E-state index is 14.3. The van der Waals surface area contributed by atoms with E-state index in [0.717, 1.165) is 22.6 Å². The fourth-order valence-electron chi connectivity index (χ4n) is 4.27. The van der Waals surface area contributed by atoms with Crippen molar-refractivity contribution in [3.05, 3.63) is 75.9 Å². The van der Waals surface area contributed by atoms with Crippen LogP contribution in [0.25, 0.3) is 10.9 Å². The van der Waals surface area contributed by atoms with Crippen LogP contribution in [0, 0.1) is 13.8 Å². The first-order valence-electron chi connectivity index (χ1n) is 12.1. The van der Waals surface area contributed by atoms with Crippen molar-refractivity contribution in [2.24, 2.45) is 5.73 Å². The largest absolute Gasteiger partial charge is 0.465 e. The number of para-hydroxylation sites is 1. The number of H-pyrrole nitrogens is 1. The standard InChI is InChI=1S/C27H28N6O5S/c1-4-38-20(34)13-31-26(36)23(17-12-30-18-8-6-5-7-16(17)18)33(19-11-14(2)9-10-15(19)3)27(37)24-21(28)22(25(29)35)32-39-24/h5-12,23,30H,4,13,28H2,1-3H3,(H2,29,35)(H,31,36)/t23-/m0/s1. The molecule has 202 valence electrons. The lowest BCUT2D eigenvalue weighted by molar-refractivity contribution is -0.143. The molecule has 4 aromatic rings. The van der Waals surface area contributed by atoms with Gasteiger partial charge in [0.15, 0.2) is 5.69 Å². The number of aromatic nitrogens is 2. The molecule has 0 aliphatic carbocycles. The van der Waals surface area contributed by atoms with Crippen molar-refractivity contribution in [2.45, 2.75) is 26.8 Å². The predicted molar refractivity (Wildman–Crippen MR) is 148 cm³/mol. The lowest BCUT2D eigenvalue weighted by Crippen LogP contribution is -2.45. The summed E-state index contributed by atoms with van der Waals surface area (Å²) in [4.78, 5) is 56.5. The Balaban J connectivity index is 1.93. The average molecular weight is 549 g/mol. The van der Waals surface area contributed by atoms with E-state index in [4.69, 9.17) is 16.2 Å². The summed E-state index contributed by atoms with van der Waals surface area (Å²) < 4.78 is 8.94. The molecule has 0 bridgehead atoms. The Labute approximate surface area is 228 Å². The number of nitrogens with one attached hydrogen (secondary N) is 2. The van der Waals surface area contributed by atoms with Crippen LogP contribution in [-0.4, -0.2) is 46.2 Å². The number of nitrogens with two attached hydrogens (primary N) is 2. The first-order chi connectivity index (χ1) is 18.6. The fourth-order valence-corrected chi connectivity index (χ4v) is 5.01. The molecule has 11 nitrogen and oxygen atoms in total.